The molecule has 0 atom stereocenters. The molecule has 1 aromatic carbocycles. The number of imidazole rings is 1. The van der Waals surface area contributed by atoms with Crippen molar-refractivity contribution in [1.29, 1.82) is 0 Å². The molecule has 0 saturated carbocycles. The van der Waals surface area contributed by atoms with Crippen molar-refractivity contribution in [3.63, 3.8) is 0 Å². The number of fused-ring (bicyclic) bond motifs is 1. The van der Waals surface area contributed by atoms with Crippen LogP contribution in [-0.4, -0.2) is 30.4 Å². The first-order valence-electron chi connectivity index (χ1n) is 6.59. The Morgan fingerprint density at radius 3 is 2.86 bits per heavy atom. The zero-order chi connectivity index (χ0) is 14.8. The molecule has 0 radical (unpaired) electrons. The van der Waals surface area contributed by atoms with Gasteiger partial charge in [0.25, 0.3) is 0 Å². The zero-order valence-electron chi connectivity index (χ0n) is 11.2. The minimum Gasteiger partial charge on any atom is -0.478 e. The minimum absolute atomic E-state index is 0.107. The van der Waals surface area contributed by atoms with Crippen LogP contribution in [-0.2, 0) is 13.1 Å². The SMILES string of the molecule is O=C(O)c1cccc2c1[nH]c(=O)n2CCCn1cccn1. The van der Waals surface area contributed by atoms with Gasteiger partial charge < -0.3 is 10.1 Å². The monoisotopic (exact) mass is 286 g/mol. The number of aryl methyl sites for hydroxylation is 2. The second-order valence-electron chi connectivity index (χ2n) is 4.71. The van der Waals surface area contributed by atoms with Crippen LogP contribution in [0.4, 0.5) is 0 Å². The lowest BCUT2D eigenvalue weighted by Crippen LogP contribution is -2.17. The number of carbonyl (C=O) groups is 1. The molecule has 0 amide bonds. The van der Waals surface area contributed by atoms with Gasteiger partial charge in [0.2, 0.25) is 0 Å². The van der Waals surface area contributed by atoms with E-state index < -0.39 is 5.97 Å². The molecular formula is C14H14N4O3. The fourth-order valence-electron chi connectivity index (χ4n) is 2.40. The second kappa shape index (κ2) is 5.28. The van der Waals surface area contributed by atoms with Gasteiger partial charge in [-0.05, 0) is 24.6 Å². The number of benzene rings is 1. The van der Waals surface area contributed by atoms with Crippen molar-refractivity contribution in [2.45, 2.75) is 19.5 Å². The average Bonchev–Trinajstić information content (AvgIpc) is 3.07. The van der Waals surface area contributed by atoms with Crippen LogP contribution < -0.4 is 5.69 Å². The molecule has 0 unspecified atom stereocenters. The molecule has 0 aliphatic heterocycles. The number of hydrogen-bond donors (Lipinski definition) is 2. The molecule has 3 rings (SSSR count). The number of aromatic carboxylic acids is 1. The Balaban J connectivity index is 1.88. The van der Waals surface area contributed by atoms with Crippen LogP contribution in [0.5, 0.6) is 0 Å². The summed E-state index contributed by atoms with van der Waals surface area (Å²) in [7, 11) is 0. The third-order valence-electron chi connectivity index (χ3n) is 3.37. The summed E-state index contributed by atoms with van der Waals surface area (Å²) < 4.78 is 3.35. The molecular weight excluding hydrogens is 272 g/mol. The van der Waals surface area contributed by atoms with Gasteiger partial charge in [-0.2, -0.15) is 5.10 Å². The maximum atomic E-state index is 12.0. The van der Waals surface area contributed by atoms with Crippen molar-refractivity contribution in [1.82, 2.24) is 19.3 Å². The summed E-state index contributed by atoms with van der Waals surface area (Å²) in [4.78, 5) is 25.8. The zero-order valence-corrected chi connectivity index (χ0v) is 11.2. The van der Waals surface area contributed by atoms with E-state index in [1.54, 1.807) is 27.6 Å². The summed E-state index contributed by atoms with van der Waals surface area (Å²) in [6, 6.07) is 6.71. The number of para-hydroxylation sites is 1. The number of nitrogens with zero attached hydrogens (tertiary/aromatic N) is 3. The fraction of sp³-hybridized carbons (Fsp3) is 0.214. The summed E-state index contributed by atoms with van der Waals surface area (Å²) in [6.45, 7) is 1.20. The summed E-state index contributed by atoms with van der Waals surface area (Å²) >= 11 is 0. The molecule has 7 nitrogen and oxygen atoms in total. The molecule has 0 fully saturated rings. The summed E-state index contributed by atoms with van der Waals surface area (Å²) in [5.74, 6) is -1.05. The third kappa shape index (κ3) is 2.45. The molecule has 0 saturated heterocycles. The highest BCUT2D eigenvalue weighted by atomic mass is 16.4. The molecule has 2 N–H and O–H groups in total. The van der Waals surface area contributed by atoms with Crippen LogP contribution in [0.25, 0.3) is 11.0 Å². The van der Waals surface area contributed by atoms with E-state index in [1.807, 2.05) is 12.3 Å². The fourth-order valence-corrected chi connectivity index (χ4v) is 2.40. The Labute approximate surface area is 119 Å². The van der Waals surface area contributed by atoms with Gasteiger partial charge in [0.05, 0.1) is 16.6 Å². The largest absolute Gasteiger partial charge is 0.478 e. The highest BCUT2D eigenvalue weighted by molar-refractivity contribution is 6.00. The first-order chi connectivity index (χ1) is 10.2. The van der Waals surface area contributed by atoms with E-state index in [0.717, 1.165) is 6.42 Å². The lowest BCUT2D eigenvalue weighted by atomic mass is 10.2. The highest BCUT2D eigenvalue weighted by Gasteiger charge is 2.13. The van der Waals surface area contributed by atoms with Gasteiger partial charge >= 0.3 is 11.7 Å². The van der Waals surface area contributed by atoms with Crippen molar-refractivity contribution in [2.75, 3.05) is 0 Å². The van der Waals surface area contributed by atoms with Gasteiger partial charge in [-0.3, -0.25) is 9.25 Å². The number of aromatic nitrogens is 4. The lowest BCUT2D eigenvalue weighted by molar-refractivity contribution is 0.0699. The van der Waals surface area contributed by atoms with E-state index in [2.05, 4.69) is 10.1 Å². The van der Waals surface area contributed by atoms with Crippen LogP contribution in [0.3, 0.4) is 0 Å². The van der Waals surface area contributed by atoms with Gasteiger partial charge in [-0.15, -0.1) is 0 Å². The predicted octanol–water partition coefficient (Wildman–Crippen LogP) is 1.31. The Hall–Kier alpha value is -2.83. The van der Waals surface area contributed by atoms with E-state index in [-0.39, 0.29) is 11.3 Å². The van der Waals surface area contributed by atoms with Gasteiger partial charge in [-0.25, -0.2) is 9.59 Å². The van der Waals surface area contributed by atoms with Gasteiger partial charge in [0.15, 0.2) is 0 Å². The van der Waals surface area contributed by atoms with E-state index in [9.17, 15) is 9.59 Å². The maximum Gasteiger partial charge on any atom is 0.337 e. The van der Waals surface area contributed by atoms with Crippen LogP contribution in [0.15, 0.2) is 41.5 Å². The molecule has 2 aromatic heterocycles. The number of nitrogens with one attached hydrogen (secondary N) is 1. The van der Waals surface area contributed by atoms with Crippen LogP contribution in [0.1, 0.15) is 16.8 Å². The molecule has 0 aliphatic rings. The molecule has 0 aliphatic carbocycles. The molecule has 0 spiro atoms. The standard InChI is InChI=1S/C14H14N4O3/c19-13(20)10-4-1-5-11-12(10)16-14(21)18(11)9-3-8-17-7-2-6-15-17/h1-2,4-7H,3,8-9H2,(H,16,21)(H,19,20). The van der Waals surface area contributed by atoms with Gasteiger partial charge in [-0.1, -0.05) is 6.07 Å². The maximum absolute atomic E-state index is 12.0. The average molecular weight is 286 g/mol. The Bertz CT molecular complexity index is 830. The van der Waals surface area contributed by atoms with Crippen LogP contribution in [0.2, 0.25) is 0 Å². The number of carboxylic acids is 1. The number of aromatic amines is 1. The predicted molar refractivity (Wildman–Crippen MR) is 76.4 cm³/mol. The first kappa shape index (κ1) is 13.2. The van der Waals surface area contributed by atoms with E-state index in [0.29, 0.717) is 24.1 Å². The van der Waals surface area contributed by atoms with Crippen LogP contribution >= 0.6 is 0 Å². The van der Waals surface area contributed by atoms with Crippen molar-refractivity contribution in [2.24, 2.45) is 0 Å². The quantitative estimate of drug-likeness (QED) is 0.739. The van der Waals surface area contributed by atoms with Gasteiger partial charge in [0.1, 0.15) is 0 Å². The first-order valence-corrected chi connectivity index (χ1v) is 6.59. The molecule has 108 valence electrons. The topological polar surface area (TPSA) is 92.9 Å². The summed E-state index contributed by atoms with van der Waals surface area (Å²) in [5.41, 5.74) is 0.795. The van der Waals surface area contributed by atoms with Crippen molar-refractivity contribution < 1.29 is 9.90 Å². The Morgan fingerprint density at radius 2 is 2.14 bits per heavy atom. The Kier molecular flexibility index (Phi) is 3.31. The van der Waals surface area contributed by atoms with Gasteiger partial charge in [0, 0.05) is 25.5 Å². The molecule has 7 heteroatoms. The Morgan fingerprint density at radius 1 is 1.29 bits per heavy atom. The van der Waals surface area contributed by atoms with E-state index in [4.69, 9.17) is 5.11 Å². The molecule has 2 heterocycles. The highest BCUT2D eigenvalue weighted by Crippen LogP contribution is 2.15. The number of carboxylic acid groups (broad SMARTS) is 1. The van der Waals surface area contributed by atoms with Crippen molar-refractivity contribution in [3.8, 4) is 0 Å². The normalized spacial score (nSPS) is 11.0. The third-order valence-corrected chi connectivity index (χ3v) is 3.37. The second-order valence-corrected chi connectivity index (χ2v) is 4.71. The number of H-pyrrole nitrogens is 1. The van der Waals surface area contributed by atoms with Crippen molar-refractivity contribution >= 4 is 17.0 Å². The number of rotatable bonds is 5. The molecule has 21 heavy (non-hydrogen) atoms. The summed E-state index contributed by atoms with van der Waals surface area (Å²) in [6.07, 6.45) is 4.30. The lowest BCUT2D eigenvalue weighted by Gasteiger charge is -2.04. The number of hydrogen-bond acceptors (Lipinski definition) is 3. The van der Waals surface area contributed by atoms with E-state index >= 15 is 0 Å². The molecule has 3 aromatic rings. The molecule has 0 bridgehead atoms. The van der Waals surface area contributed by atoms with E-state index in [1.165, 1.54) is 6.07 Å². The minimum atomic E-state index is -1.05. The summed E-state index contributed by atoms with van der Waals surface area (Å²) in [5, 5.41) is 13.2. The van der Waals surface area contributed by atoms with Crippen LogP contribution in [0, 0.1) is 0 Å². The van der Waals surface area contributed by atoms with Crippen molar-refractivity contribution in [3.05, 3.63) is 52.7 Å². The smallest absolute Gasteiger partial charge is 0.337 e.